The molecule has 1 aromatic heterocycles. The van der Waals surface area contributed by atoms with Crippen LogP contribution in [0.4, 0.5) is 11.8 Å². The van der Waals surface area contributed by atoms with E-state index in [-0.39, 0.29) is 0 Å². The predicted octanol–water partition coefficient (Wildman–Crippen LogP) is 4.21. The summed E-state index contributed by atoms with van der Waals surface area (Å²) in [5.74, 6) is 3.00. The monoisotopic (exact) mass is 378 g/mol. The van der Waals surface area contributed by atoms with Crippen molar-refractivity contribution in [2.75, 3.05) is 30.9 Å². The maximum absolute atomic E-state index is 5.72. The van der Waals surface area contributed by atoms with Crippen LogP contribution in [0.2, 0.25) is 0 Å². The predicted molar refractivity (Wildman–Crippen MR) is 112 cm³/mol. The second-order valence-electron chi connectivity index (χ2n) is 6.45. The Bertz CT molecular complexity index is 897. The van der Waals surface area contributed by atoms with E-state index in [2.05, 4.69) is 39.7 Å². The van der Waals surface area contributed by atoms with Crippen LogP contribution >= 0.6 is 0 Å². The van der Waals surface area contributed by atoms with E-state index in [9.17, 15) is 0 Å². The molecule has 0 radical (unpaired) electrons. The van der Waals surface area contributed by atoms with Crippen LogP contribution in [0.5, 0.6) is 11.5 Å². The van der Waals surface area contributed by atoms with Crippen molar-refractivity contribution in [3.63, 3.8) is 0 Å². The smallest absolute Gasteiger partial charge is 0.224 e. The fourth-order valence-corrected chi connectivity index (χ4v) is 2.74. The third kappa shape index (κ3) is 5.61. The van der Waals surface area contributed by atoms with Crippen molar-refractivity contribution >= 4 is 11.8 Å². The first-order valence-corrected chi connectivity index (χ1v) is 9.29. The molecular weight excluding hydrogens is 352 g/mol. The topological polar surface area (TPSA) is 68.3 Å². The van der Waals surface area contributed by atoms with E-state index >= 15 is 0 Å². The van der Waals surface area contributed by atoms with Crippen molar-refractivity contribution in [2.45, 2.75) is 20.4 Å². The van der Waals surface area contributed by atoms with Gasteiger partial charge in [0.2, 0.25) is 5.95 Å². The van der Waals surface area contributed by atoms with Crippen LogP contribution < -0.4 is 20.1 Å². The number of hydrogen-bond acceptors (Lipinski definition) is 6. The normalized spacial score (nSPS) is 10.4. The molecule has 0 unspecified atom stereocenters. The average Bonchev–Trinajstić information content (AvgIpc) is 2.71. The van der Waals surface area contributed by atoms with Gasteiger partial charge in [-0.2, -0.15) is 4.98 Å². The minimum atomic E-state index is 0.510. The van der Waals surface area contributed by atoms with Gasteiger partial charge in [-0.3, -0.25) is 0 Å². The number of anilines is 2. The first kappa shape index (κ1) is 19.5. The van der Waals surface area contributed by atoms with E-state index < -0.39 is 0 Å². The zero-order valence-electron chi connectivity index (χ0n) is 16.5. The molecular formula is C22H26N4O2. The number of rotatable bonds is 9. The van der Waals surface area contributed by atoms with Crippen LogP contribution in [0, 0.1) is 13.8 Å². The van der Waals surface area contributed by atoms with Crippen LogP contribution in [0.15, 0.2) is 54.6 Å². The van der Waals surface area contributed by atoms with Crippen LogP contribution in [-0.4, -0.2) is 30.2 Å². The van der Waals surface area contributed by atoms with Crippen molar-refractivity contribution < 1.29 is 9.47 Å². The molecule has 0 saturated carbocycles. The van der Waals surface area contributed by atoms with E-state index in [1.165, 1.54) is 11.1 Å². The highest BCUT2D eigenvalue weighted by molar-refractivity contribution is 5.43. The molecule has 0 saturated heterocycles. The highest BCUT2D eigenvalue weighted by atomic mass is 16.5. The Balaban J connectivity index is 1.50. The van der Waals surface area contributed by atoms with Gasteiger partial charge in [-0.1, -0.05) is 24.3 Å². The lowest BCUT2D eigenvalue weighted by Gasteiger charge is -2.12. The molecule has 0 spiro atoms. The number of ether oxygens (including phenoxy) is 2. The van der Waals surface area contributed by atoms with E-state index in [0.29, 0.717) is 19.1 Å². The molecule has 6 nitrogen and oxygen atoms in total. The third-order valence-electron chi connectivity index (χ3n) is 4.29. The summed E-state index contributed by atoms with van der Waals surface area (Å²) in [6.07, 6.45) is 0. The van der Waals surface area contributed by atoms with Crippen molar-refractivity contribution in [1.29, 1.82) is 0 Å². The standard InChI is InChI=1S/C22H26N4O2/c1-16-6-4-5-7-18(16)15-24-21-14-17(2)25-22(26-21)23-12-13-28-20-10-8-19(27-3)9-11-20/h4-11,14H,12-13,15H2,1-3H3,(H2,23,24,25,26). The Morgan fingerprint density at radius 3 is 2.39 bits per heavy atom. The van der Waals surface area contributed by atoms with Gasteiger partial charge in [0.05, 0.1) is 13.7 Å². The quantitative estimate of drug-likeness (QED) is 0.544. The second-order valence-corrected chi connectivity index (χ2v) is 6.45. The summed E-state index contributed by atoms with van der Waals surface area (Å²) in [4.78, 5) is 8.98. The van der Waals surface area contributed by atoms with Crippen molar-refractivity contribution in [3.8, 4) is 11.5 Å². The third-order valence-corrected chi connectivity index (χ3v) is 4.29. The summed E-state index contributed by atoms with van der Waals surface area (Å²) >= 11 is 0. The van der Waals surface area contributed by atoms with Crippen LogP contribution in [-0.2, 0) is 6.54 Å². The Labute approximate surface area is 166 Å². The molecule has 3 rings (SSSR count). The van der Waals surface area contributed by atoms with Crippen LogP contribution in [0.25, 0.3) is 0 Å². The van der Waals surface area contributed by atoms with Crippen molar-refractivity contribution in [2.24, 2.45) is 0 Å². The fraction of sp³-hybridized carbons (Fsp3) is 0.273. The fourth-order valence-electron chi connectivity index (χ4n) is 2.74. The summed E-state index contributed by atoms with van der Waals surface area (Å²) in [6, 6.07) is 17.8. The number of hydrogen-bond donors (Lipinski definition) is 2. The highest BCUT2D eigenvalue weighted by Crippen LogP contribution is 2.17. The molecule has 0 bridgehead atoms. The summed E-state index contributed by atoms with van der Waals surface area (Å²) in [6.45, 7) is 5.91. The lowest BCUT2D eigenvalue weighted by molar-refractivity contribution is 0.331. The van der Waals surface area contributed by atoms with Crippen LogP contribution in [0.3, 0.4) is 0 Å². The lowest BCUT2D eigenvalue weighted by atomic mass is 10.1. The molecule has 0 aliphatic carbocycles. The first-order valence-electron chi connectivity index (χ1n) is 9.29. The first-order chi connectivity index (χ1) is 13.6. The maximum atomic E-state index is 5.72. The average molecular weight is 378 g/mol. The molecule has 28 heavy (non-hydrogen) atoms. The zero-order chi connectivity index (χ0) is 19.8. The summed E-state index contributed by atoms with van der Waals surface area (Å²) in [5.41, 5.74) is 3.41. The number of methoxy groups -OCH3 is 1. The molecule has 0 amide bonds. The molecule has 0 aliphatic heterocycles. The molecule has 0 fully saturated rings. The van der Waals surface area contributed by atoms with Gasteiger partial charge < -0.3 is 20.1 Å². The van der Waals surface area contributed by atoms with Crippen molar-refractivity contribution in [3.05, 3.63) is 71.4 Å². The Morgan fingerprint density at radius 1 is 0.893 bits per heavy atom. The number of nitrogens with zero attached hydrogens (tertiary/aromatic N) is 2. The van der Waals surface area contributed by atoms with Gasteiger partial charge in [-0.25, -0.2) is 4.98 Å². The van der Waals surface area contributed by atoms with Gasteiger partial charge in [0.1, 0.15) is 23.9 Å². The largest absolute Gasteiger partial charge is 0.497 e. The minimum absolute atomic E-state index is 0.510. The molecule has 0 aliphatic rings. The van der Waals surface area contributed by atoms with E-state index in [1.54, 1.807) is 7.11 Å². The Hall–Kier alpha value is -3.28. The minimum Gasteiger partial charge on any atom is -0.497 e. The van der Waals surface area contributed by atoms with Crippen LogP contribution in [0.1, 0.15) is 16.8 Å². The molecule has 0 atom stereocenters. The molecule has 146 valence electrons. The second kappa shape index (κ2) is 9.60. The molecule has 3 aromatic rings. The van der Waals surface area contributed by atoms with E-state index in [0.717, 1.165) is 29.6 Å². The van der Waals surface area contributed by atoms with E-state index in [1.807, 2.05) is 49.4 Å². The molecule has 2 aromatic carbocycles. The highest BCUT2D eigenvalue weighted by Gasteiger charge is 2.04. The maximum Gasteiger partial charge on any atom is 0.224 e. The van der Waals surface area contributed by atoms with Gasteiger partial charge in [0.15, 0.2) is 0 Å². The van der Waals surface area contributed by atoms with Gasteiger partial charge in [-0.05, 0) is 49.2 Å². The number of aromatic nitrogens is 2. The number of benzene rings is 2. The SMILES string of the molecule is COc1ccc(OCCNc2nc(C)cc(NCc3ccccc3C)n2)cc1. The number of aryl methyl sites for hydroxylation is 2. The van der Waals surface area contributed by atoms with Gasteiger partial charge in [0, 0.05) is 18.3 Å². The van der Waals surface area contributed by atoms with E-state index in [4.69, 9.17) is 9.47 Å². The molecule has 6 heteroatoms. The molecule has 2 N–H and O–H groups in total. The number of nitrogens with one attached hydrogen (secondary N) is 2. The summed E-state index contributed by atoms with van der Waals surface area (Å²) in [5, 5.41) is 6.59. The lowest BCUT2D eigenvalue weighted by Crippen LogP contribution is -2.14. The summed E-state index contributed by atoms with van der Waals surface area (Å²) in [7, 11) is 1.64. The zero-order valence-corrected chi connectivity index (χ0v) is 16.5. The Morgan fingerprint density at radius 2 is 1.64 bits per heavy atom. The summed E-state index contributed by atoms with van der Waals surface area (Å²) < 4.78 is 10.9. The molecule has 1 heterocycles. The van der Waals surface area contributed by atoms with Gasteiger partial charge in [0.25, 0.3) is 0 Å². The Kier molecular flexibility index (Phi) is 6.68. The van der Waals surface area contributed by atoms with Gasteiger partial charge >= 0.3 is 0 Å². The van der Waals surface area contributed by atoms with Crippen molar-refractivity contribution in [1.82, 2.24) is 9.97 Å². The van der Waals surface area contributed by atoms with Gasteiger partial charge in [-0.15, -0.1) is 0 Å².